The fourth-order valence-corrected chi connectivity index (χ4v) is 1.69. The molecule has 0 aliphatic rings. The van der Waals surface area contributed by atoms with Crippen LogP contribution >= 0.6 is 23.2 Å². The van der Waals surface area contributed by atoms with Crippen LogP contribution in [0.2, 0.25) is 10.0 Å². The zero-order chi connectivity index (χ0) is 12.3. The highest BCUT2D eigenvalue weighted by atomic mass is 35.5. The van der Waals surface area contributed by atoms with Crippen molar-refractivity contribution in [2.24, 2.45) is 0 Å². The van der Waals surface area contributed by atoms with Crippen LogP contribution in [0.5, 0.6) is 5.75 Å². The molecule has 0 spiro atoms. The van der Waals surface area contributed by atoms with Gasteiger partial charge in [0.2, 0.25) is 0 Å². The van der Waals surface area contributed by atoms with Crippen molar-refractivity contribution in [2.75, 3.05) is 5.73 Å². The Kier molecular flexibility index (Phi) is 3.71. The van der Waals surface area contributed by atoms with E-state index in [2.05, 4.69) is 4.98 Å². The largest absolute Gasteiger partial charge is 0.487 e. The first-order chi connectivity index (χ1) is 8.15. The first-order valence-electron chi connectivity index (χ1n) is 4.92. The molecule has 0 saturated carbocycles. The van der Waals surface area contributed by atoms with E-state index >= 15 is 0 Å². The highest BCUT2D eigenvalue weighted by Crippen LogP contribution is 2.21. The Balaban J connectivity index is 2.09. The van der Waals surface area contributed by atoms with Gasteiger partial charge < -0.3 is 10.5 Å². The predicted octanol–water partition coefficient (Wildman–Crippen LogP) is 3.55. The predicted molar refractivity (Wildman–Crippen MR) is 69.4 cm³/mol. The molecule has 0 saturated heterocycles. The molecule has 17 heavy (non-hydrogen) atoms. The number of nitrogens with two attached hydrogens (primary N) is 1. The number of pyridine rings is 1. The van der Waals surface area contributed by atoms with Crippen molar-refractivity contribution in [3.05, 3.63) is 52.3 Å². The van der Waals surface area contributed by atoms with Gasteiger partial charge in [-0.05, 0) is 18.2 Å². The Morgan fingerprint density at radius 2 is 1.94 bits per heavy atom. The monoisotopic (exact) mass is 268 g/mol. The average Bonchev–Trinajstić information content (AvgIpc) is 2.30. The summed E-state index contributed by atoms with van der Waals surface area (Å²) < 4.78 is 5.52. The van der Waals surface area contributed by atoms with Gasteiger partial charge in [-0.15, -0.1) is 0 Å². The van der Waals surface area contributed by atoms with E-state index in [-0.39, 0.29) is 0 Å². The lowest BCUT2D eigenvalue weighted by atomic mass is 10.2. The van der Waals surface area contributed by atoms with Gasteiger partial charge in [-0.25, -0.2) is 0 Å². The molecule has 1 heterocycles. The molecule has 88 valence electrons. The molecule has 0 fully saturated rings. The fourth-order valence-electron chi connectivity index (χ4n) is 1.33. The summed E-state index contributed by atoms with van der Waals surface area (Å²) in [6.45, 7) is 0.328. The molecular formula is C12H10Cl2N2O. The van der Waals surface area contributed by atoms with Crippen LogP contribution in [0.3, 0.4) is 0 Å². The molecule has 2 rings (SSSR count). The molecule has 2 N–H and O–H groups in total. The minimum absolute atomic E-state index is 0.328. The number of benzene rings is 1. The molecule has 2 aromatic rings. The first-order valence-corrected chi connectivity index (χ1v) is 5.68. The van der Waals surface area contributed by atoms with E-state index in [9.17, 15) is 0 Å². The summed E-state index contributed by atoms with van der Waals surface area (Å²) in [5.41, 5.74) is 7.28. The van der Waals surface area contributed by atoms with Gasteiger partial charge in [0, 0.05) is 28.5 Å². The second-order valence-corrected chi connectivity index (χ2v) is 4.34. The van der Waals surface area contributed by atoms with Crippen molar-refractivity contribution >= 4 is 28.9 Å². The Labute approximate surface area is 109 Å². The zero-order valence-corrected chi connectivity index (χ0v) is 10.4. The molecule has 5 heteroatoms. The maximum atomic E-state index is 5.88. The molecule has 0 atom stereocenters. The van der Waals surface area contributed by atoms with Crippen LogP contribution in [-0.2, 0) is 6.61 Å². The summed E-state index contributed by atoms with van der Waals surface area (Å²) in [6.07, 6.45) is 3.13. The second kappa shape index (κ2) is 5.25. The molecule has 0 aliphatic heterocycles. The van der Waals surface area contributed by atoms with E-state index in [0.717, 1.165) is 5.56 Å². The standard InChI is InChI=1S/C12H10Cl2N2O/c13-9-1-2-12(15)8(3-9)7-17-11-4-10(14)5-16-6-11/h1-6H,7,15H2. The van der Waals surface area contributed by atoms with Crippen molar-refractivity contribution in [3.63, 3.8) is 0 Å². The highest BCUT2D eigenvalue weighted by molar-refractivity contribution is 6.30. The van der Waals surface area contributed by atoms with Gasteiger partial charge in [0.1, 0.15) is 12.4 Å². The summed E-state index contributed by atoms with van der Waals surface area (Å²) in [4.78, 5) is 3.92. The molecule has 0 unspecified atom stereocenters. The Morgan fingerprint density at radius 3 is 2.71 bits per heavy atom. The lowest BCUT2D eigenvalue weighted by Gasteiger charge is -2.08. The minimum Gasteiger partial charge on any atom is -0.487 e. The smallest absolute Gasteiger partial charge is 0.139 e. The number of nitrogens with zero attached hydrogens (tertiary/aromatic N) is 1. The van der Waals surface area contributed by atoms with Crippen LogP contribution in [0.25, 0.3) is 0 Å². The van der Waals surface area contributed by atoms with Crippen molar-refractivity contribution in [2.45, 2.75) is 6.61 Å². The van der Waals surface area contributed by atoms with E-state index < -0.39 is 0 Å². The van der Waals surface area contributed by atoms with Crippen molar-refractivity contribution in [1.82, 2.24) is 4.98 Å². The van der Waals surface area contributed by atoms with Crippen LogP contribution in [-0.4, -0.2) is 4.98 Å². The second-order valence-electron chi connectivity index (χ2n) is 3.47. The number of halogens is 2. The normalized spacial score (nSPS) is 10.2. The third-order valence-corrected chi connectivity index (χ3v) is 2.62. The van der Waals surface area contributed by atoms with Gasteiger partial charge in [0.15, 0.2) is 0 Å². The van der Waals surface area contributed by atoms with E-state index in [1.807, 2.05) is 0 Å². The topological polar surface area (TPSA) is 48.1 Å². The number of aromatic nitrogens is 1. The van der Waals surface area contributed by atoms with Crippen LogP contribution in [0.4, 0.5) is 5.69 Å². The molecule has 0 radical (unpaired) electrons. The molecule has 3 nitrogen and oxygen atoms in total. The third kappa shape index (κ3) is 3.25. The van der Waals surface area contributed by atoms with E-state index in [0.29, 0.717) is 28.1 Å². The number of anilines is 1. The molecule has 0 amide bonds. The number of hydrogen-bond acceptors (Lipinski definition) is 3. The first kappa shape index (κ1) is 12.0. The summed E-state index contributed by atoms with van der Waals surface area (Å²) in [5.74, 6) is 0.594. The Hall–Kier alpha value is -1.45. The van der Waals surface area contributed by atoms with Gasteiger partial charge in [-0.2, -0.15) is 0 Å². The number of ether oxygens (including phenoxy) is 1. The quantitative estimate of drug-likeness (QED) is 0.867. The van der Waals surface area contributed by atoms with E-state index in [1.165, 1.54) is 0 Å². The lowest BCUT2D eigenvalue weighted by Crippen LogP contribution is -2.00. The number of hydrogen-bond donors (Lipinski definition) is 1. The molecule has 1 aromatic carbocycles. The van der Waals surface area contributed by atoms with Crippen molar-refractivity contribution in [1.29, 1.82) is 0 Å². The Bertz CT molecular complexity index is 532. The maximum Gasteiger partial charge on any atom is 0.139 e. The minimum atomic E-state index is 0.328. The highest BCUT2D eigenvalue weighted by Gasteiger charge is 2.02. The zero-order valence-electron chi connectivity index (χ0n) is 8.86. The van der Waals surface area contributed by atoms with Crippen LogP contribution in [0, 0.1) is 0 Å². The third-order valence-electron chi connectivity index (χ3n) is 2.18. The lowest BCUT2D eigenvalue weighted by molar-refractivity contribution is 0.305. The van der Waals surface area contributed by atoms with E-state index in [4.69, 9.17) is 33.7 Å². The Morgan fingerprint density at radius 1 is 1.12 bits per heavy atom. The molecular weight excluding hydrogens is 259 g/mol. The molecule has 0 aliphatic carbocycles. The summed E-state index contributed by atoms with van der Waals surface area (Å²) in [7, 11) is 0. The number of rotatable bonds is 3. The molecule has 1 aromatic heterocycles. The van der Waals surface area contributed by atoms with Crippen molar-refractivity contribution < 1.29 is 4.74 Å². The maximum absolute atomic E-state index is 5.88. The fraction of sp³-hybridized carbons (Fsp3) is 0.0833. The van der Waals surface area contributed by atoms with Crippen LogP contribution < -0.4 is 10.5 Å². The SMILES string of the molecule is Nc1ccc(Cl)cc1COc1cncc(Cl)c1. The van der Waals surface area contributed by atoms with Gasteiger partial charge in [0.05, 0.1) is 11.2 Å². The summed E-state index contributed by atoms with van der Waals surface area (Å²) in [5, 5.41) is 1.16. The average molecular weight is 269 g/mol. The summed E-state index contributed by atoms with van der Waals surface area (Å²) in [6, 6.07) is 6.95. The van der Waals surface area contributed by atoms with Gasteiger partial charge in [-0.1, -0.05) is 23.2 Å². The van der Waals surface area contributed by atoms with Gasteiger partial charge in [-0.3, -0.25) is 4.98 Å². The van der Waals surface area contributed by atoms with Crippen LogP contribution in [0.15, 0.2) is 36.7 Å². The number of nitrogen functional groups attached to an aromatic ring is 1. The molecule has 0 bridgehead atoms. The van der Waals surface area contributed by atoms with Gasteiger partial charge in [0.25, 0.3) is 0 Å². The summed E-state index contributed by atoms with van der Waals surface area (Å²) >= 11 is 11.7. The van der Waals surface area contributed by atoms with E-state index in [1.54, 1.807) is 36.7 Å². The van der Waals surface area contributed by atoms with Crippen molar-refractivity contribution in [3.8, 4) is 5.75 Å². The van der Waals surface area contributed by atoms with Crippen LogP contribution in [0.1, 0.15) is 5.56 Å². The van der Waals surface area contributed by atoms with Gasteiger partial charge >= 0.3 is 0 Å².